The van der Waals surface area contributed by atoms with Gasteiger partial charge in [-0.2, -0.15) is 5.10 Å². The fourth-order valence-corrected chi connectivity index (χ4v) is 2.91. The van der Waals surface area contributed by atoms with E-state index < -0.39 is 0 Å². The van der Waals surface area contributed by atoms with Crippen molar-refractivity contribution in [3.63, 3.8) is 0 Å². The van der Waals surface area contributed by atoms with E-state index in [1.165, 1.54) is 5.56 Å². The lowest BCUT2D eigenvalue weighted by Gasteiger charge is -2.08. The molecule has 3 aromatic rings. The van der Waals surface area contributed by atoms with Crippen molar-refractivity contribution >= 4 is 5.91 Å². The number of aryl methyl sites for hydroxylation is 2. The summed E-state index contributed by atoms with van der Waals surface area (Å²) in [5, 5.41) is 7.45. The van der Waals surface area contributed by atoms with E-state index in [4.69, 9.17) is 5.73 Å². The number of nitrogens with two attached hydrogens (primary N) is 1. The lowest BCUT2D eigenvalue weighted by molar-refractivity contribution is 0.0954. The Labute approximate surface area is 153 Å². The van der Waals surface area contributed by atoms with E-state index in [0.29, 0.717) is 18.7 Å². The molecule has 0 unspecified atom stereocenters. The number of rotatable bonds is 6. The molecule has 5 heteroatoms. The molecule has 134 valence electrons. The van der Waals surface area contributed by atoms with Gasteiger partial charge in [0.15, 0.2) is 0 Å². The van der Waals surface area contributed by atoms with Gasteiger partial charge in [-0.05, 0) is 61.7 Å². The molecule has 0 aliphatic carbocycles. The van der Waals surface area contributed by atoms with Gasteiger partial charge in [0, 0.05) is 24.3 Å². The number of benzene rings is 2. The molecule has 0 bridgehead atoms. The van der Waals surface area contributed by atoms with Crippen molar-refractivity contribution in [1.82, 2.24) is 15.1 Å². The minimum absolute atomic E-state index is 0.0622. The molecule has 5 nitrogen and oxygen atoms in total. The molecule has 2 aromatic carbocycles. The Balaban J connectivity index is 1.54. The van der Waals surface area contributed by atoms with E-state index in [1.54, 1.807) is 12.1 Å². The first-order chi connectivity index (χ1) is 12.6. The van der Waals surface area contributed by atoms with E-state index >= 15 is 0 Å². The zero-order valence-corrected chi connectivity index (χ0v) is 15.2. The van der Waals surface area contributed by atoms with Gasteiger partial charge in [0.2, 0.25) is 0 Å². The largest absolute Gasteiger partial charge is 0.352 e. The highest BCUT2D eigenvalue weighted by molar-refractivity contribution is 5.94. The lowest BCUT2D eigenvalue weighted by atomic mass is 10.1. The summed E-state index contributed by atoms with van der Waals surface area (Å²) in [6.07, 6.45) is 0.782. The van der Waals surface area contributed by atoms with Gasteiger partial charge in [-0.25, -0.2) is 4.68 Å². The number of hydrogen-bond acceptors (Lipinski definition) is 3. The van der Waals surface area contributed by atoms with Crippen molar-refractivity contribution in [2.45, 2.75) is 26.8 Å². The van der Waals surface area contributed by atoms with Crippen LogP contribution >= 0.6 is 0 Å². The molecule has 0 aliphatic rings. The first kappa shape index (κ1) is 17.9. The Bertz CT molecular complexity index is 879. The normalized spacial score (nSPS) is 10.7. The van der Waals surface area contributed by atoms with Gasteiger partial charge in [-0.15, -0.1) is 0 Å². The van der Waals surface area contributed by atoms with Crippen LogP contribution in [0.2, 0.25) is 0 Å². The van der Waals surface area contributed by atoms with Crippen LogP contribution in [0, 0.1) is 13.8 Å². The number of nitrogens with zero attached hydrogens (tertiary/aromatic N) is 2. The molecular formula is C21H24N4O. The summed E-state index contributed by atoms with van der Waals surface area (Å²) in [6.45, 7) is 5.11. The maximum atomic E-state index is 12.2. The minimum atomic E-state index is -0.0622. The van der Waals surface area contributed by atoms with Crippen LogP contribution in [-0.2, 0) is 13.0 Å². The summed E-state index contributed by atoms with van der Waals surface area (Å²) >= 11 is 0. The first-order valence-corrected chi connectivity index (χ1v) is 8.76. The van der Waals surface area contributed by atoms with Crippen molar-refractivity contribution in [3.8, 4) is 5.69 Å². The highest BCUT2D eigenvalue weighted by atomic mass is 16.1. The molecule has 1 heterocycles. The van der Waals surface area contributed by atoms with Crippen LogP contribution in [0.3, 0.4) is 0 Å². The van der Waals surface area contributed by atoms with E-state index in [9.17, 15) is 4.79 Å². The molecule has 1 aromatic heterocycles. The number of nitrogens with one attached hydrogen (secondary N) is 1. The molecule has 0 saturated carbocycles. The van der Waals surface area contributed by atoms with Gasteiger partial charge in [0.05, 0.1) is 11.4 Å². The molecule has 0 radical (unpaired) electrons. The minimum Gasteiger partial charge on any atom is -0.352 e. The van der Waals surface area contributed by atoms with Crippen molar-refractivity contribution < 1.29 is 4.79 Å². The van der Waals surface area contributed by atoms with Crippen LogP contribution in [0.4, 0.5) is 0 Å². The second-order valence-corrected chi connectivity index (χ2v) is 6.41. The van der Waals surface area contributed by atoms with Gasteiger partial charge < -0.3 is 11.1 Å². The molecule has 1 amide bonds. The van der Waals surface area contributed by atoms with Crippen molar-refractivity contribution in [2.24, 2.45) is 5.73 Å². The third kappa shape index (κ3) is 4.18. The number of hydrogen-bond donors (Lipinski definition) is 2. The second kappa shape index (κ2) is 7.97. The second-order valence-electron chi connectivity index (χ2n) is 6.41. The zero-order valence-electron chi connectivity index (χ0n) is 15.2. The van der Waals surface area contributed by atoms with Gasteiger partial charge in [0.1, 0.15) is 0 Å². The molecule has 0 fully saturated rings. The Morgan fingerprint density at radius 3 is 2.27 bits per heavy atom. The molecular weight excluding hydrogens is 324 g/mol. The quantitative estimate of drug-likeness (QED) is 0.719. The Morgan fingerprint density at radius 2 is 1.69 bits per heavy atom. The summed E-state index contributed by atoms with van der Waals surface area (Å²) in [4.78, 5) is 12.2. The van der Waals surface area contributed by atoms with Crippen LogP contribution in [0.1, 0.15) is 32.9 Å². The smallest absolute Gasteiger partial charge is 0.251 e. The molecule has 3 N–H and O–H groups in total. The molecule has 0 atom stereocenters. The molecule has 26 heavy (non-hydrogen) atoms. The van der Waals surface area contributed by atoms with Crippen LogP contribution in [-0.4, -0.2) is 22.2 Å². The van der Waals surface area contributed by atoms with E-state index in [2.05, 4.69) is 40.7 Å². The SMILES string of the molecule is Cc1cc(C)n(-c2ccc(CCNC(=O)c3ccc(CN)cc3)cc2)n1. The maximum absolute atomic E-state index is 12.2. The Hall–Kier alpha value is -2.92. The fourth-order valence-electron chi connectivity index (χ4n) is 2.91. The van der Waals surface area contributed by atoms with E-state index in [0.717, 1.165) is 29.1 Å². The zero-order chi connectivity index (χ0) is 18.5. The average molecular weight is 348 g/mol. The van der Waals surface area contributed by atoms with Gasteiger partial charge in [-0.3, -0.25) is 4.79 Å². The van der Waals surface area contributed by atoms with Crippen molar-refractivity contribution in [3.05, 3.63) is 82.7 Å². The highest BCUT2D eigenvalue weighted by Gasteiger charge is 2.06. The predicted molar refractivity (Wildman–Crippen MR) is 103 cm³/mol. The summed E-state index contributed by atoms with van der Waals surface area (Å²) in [6, 6.07) is 17.7. The van der Waals surface area contributed by atoms with E-state index in [-0.39, 0.29) is 5.91 Å². The number of aromatic nitrogens is 2. The van der Waals surface area contributed by atoms with Crippen LogP contribution in [0.15, 0.2) is 54.6 Å². The average Bonchev–Trinajstić information content (AvgIpc) is 3.00. The Morgan fingerprint density at radius 1 is 1.04 bits per heavy atom. The summed E-state index contributed by atoms with van der Waals surface area (Å²) in [5.74, 6) is -0.0622. The van der Waals surface area contributed by atoms with Gasteiger partial charge in [0.25, 0.3) is 5.91 Å². The van der Waals surface area contributed by atoms with E-state index in [1.807, 2.05) is 30.7 Å². The van der Waals surface area contributed by atoms with Crippen LogP contribution in [0.5, 0.6) is 0 Å². The predicted octanol–water partition coefficient (Wildman–Crippen LogP) is 2.92. The summed E-state index contributed by atoms with van der Waals surface area (Å²) in [7, 11) is 0. The number of amides is 1. The maximum Gasteiger partial charge on any atom is 0.251 e. The summed E-state index contributed by atoms with van der Waals surface area (Å²) < 4.78 is 1.94. The monoisotopic (exact) mass is 348 g/mol. The van der Waals surface area contributed by atoms with Crippen LogP contribution < -0.4 is 11.1 Å². The topological polar surface area (TPSA) is 72.9 Å². The molecule has 0 aliphatic heterocycles. The van der Waals surface area contributed by atoms with Gasteiger partial charge >= 0.3 is 0 Å². The van der Waals surface area contributed by atoms with Crippen molar-refractivity contribution in [1.29, 1.82) is 0 Å². The third-order valence-electron chi connectivity index (χ3n) is 4.34. The van der Waals surface area contributed by atoms with Crippen molar-refractivity contribution in [2.75, 3.05) is 6.54 Å². The Kier molecular flexibility index (Phi) is 5.49. The lowest BCUT2D eigenvalue weighted by Crippen LogP contribution is -2.25. The molecule has 0 saturated heterocycles. The summed E-state index contributed by atoms with van der Waals surface area (Å²) in [5.41, 5.74) is 11.6. The first-order valence-electron chi connectivity index (χ1n) is 8.76. The number of carbonyl (C=O) groups excluding carboxylic acids is 1. The molecule has 3 rings (SSSR count). The van der Waals surface area contributed by atoms with Gasteiger partial charge in [-0.1, -0.05) is 24.3 Å². The van der Waals surface area contributed by atoms with Crippen LogP contribution in [0.25, 0.3) is 5.69 Å². The fraction of sp³-hybridized carbons (Fsp3) is 0.238. The standard InChI is InChI=1S/C21H24N4O/c1-15-13-16(2)25(24-15)20-9-5-17(6-10-20)11-12-23-21(26)19-7-3-18(14-22)4-8-19/h3-10,13H,11-12,14,22H2,1-2H3,(H,23,26). The highest BCUT2D eigenvalue weighted by Crippen LogP contribution is 2.13. The number of carbonyl (C=O) groups is 1. The third-order valence-corrected chi connectivity index (χ3v) is 4.34. The molecule has 0 spiro atoms.